The second kappa shape index (κ2) is 8.32. The molecule has 118 valence electrons. The van der Waals surface area contributed by atoms with Crippen LogP contribution in [0.4, 0.5) is 0 Å². The van der Waals surface area contributed by atoms with Crippen molar-refractivity contribution in [2.24, 2.45) is 5.73 Å². The first kappa shape index (κ1) is 17.9. The molecule has 0 heterocycles. The van der Waals surface area contributed by atoms with Crippen molar-refractivity contribution >= 4 is 5.97 Å². The topological polar surface area (TPSA) is 72.5 Å². The SMILES string of the molecule is CC(C)N.COC(C(=O)O)(c1ccccc1)c1ccccc1. The quantitative estimate of drug-likeness (QED) is 0.910. The Bertz CT molecular complexity index is 525. The Morgan fingerprint density at radius 3 is 1.55 bits per heavy atom. The van der Waals surface area contributed by atoms with Crippen molar-refractivity contribution in [3.05, 3.63) is 71.8 Å². The molecule has 2 aromatic rings. The molecule has 2 aromatic carbocycles. The van der Waals surface area contributed by atoms with Crippen LogP contribution in [0.15, 0.2) is 60.7 Å². The minimum Gasteiger partial charge on any atom is -0.479 e. The average molecular weight is 301 g/mol. The summed E-state index contributed by atoms with van der Waals surface area (Å²) in [6.07, 6.45) is 0. The first-order chi connectivity index (χ1) is 10.4. The number of carboxylic acids is 1. The highest BCUT2D eigenvalue weighted by Crippen LogP contribution is 2.33. The Balaban J connectivity index is 0.000000541. The zero-order chi connectivity index (χ0) is 16.6. The molecule has 0 fully saturated rings. The van der Waals surface area contributed by atoms with Gasteiger partial charge in [0.1, 0.15) is 0 Å². The van der Waals surface area contributed by atoms with Crippen molar-refractivity contribution < 1.29 is 14.6 Å². The van der Waals surface area contributed by atoms with Crippen LogP contribution in [-0.4, -0.2) is 24.2 Å². The Labute approximate surface area is 131 Å². The van der Waals surface area contributed by atoms with Gasteiger partial charge in [0.2, 0.25) is 5.60 Å². The standard InChI is InChI=1S/C15H14O3.C3H9N/c1-18-15(14(16)17,12-8-4-2-5-9-12)13-10-6-3-7-11-13;1-3(2)4/h2-11H,1H3,(H,16,17);3H,4H2,1-2H3. The molecule has 0 aliphatic carbocycles. The molecule has 2 rings (SSSR count). The first-order valence-corrected chi connectivity index (χ1v) is 7.10. The third-order valence-electron chi connectivity index (χ3n) is 2.97. The van der Waals surface area contributed by atoms with Crippen molar-refractivity contribution in [1.82, 2.24) is 0 Å². The third-order valence-corrected chi connectivity index (χ3v) is 2.97. The van der Waals surface area contributed by atoms with Crippen LogP contribution in [0.5, 0.6) is 0 Å². The fraction of sp³-hybridized carbons (Fsp3) is 0.278. The molecule has 0 amide bonds. The summed E-state index contributed by atoms with van der Waals surface area (Å²) >= 11 is 0. The van der Waals surface area contributed by atoms with Crippen molar-refractivity contribution in [3.63, 3.8) is 0 Å². The van der Waals surface area contributed by atoms with Gasteiger partial charge in [0.05, 0.1) is 0 Å². The van der Waals surface area contributed by atoms with Gasteiger partial charge in [-0.15, -0.1) is 0 Å². The van der Waals surface area contributed by atoms with Gasteiger partial charge in [-0.25, -0.2) is 4.79 Å². The molecule has 0 aliphatic rings. The smallest absolute Gasteiger partial charge is 0.345 e. The van der Waals surface area contributed by atoms with Crippen LogP contribution < -0.4 is 5.73 Å². The lowest BCUT2D eigenvalue weighted by atomic mass is 9.86. The van der Waals surface area contributed by atoms with E-state index in [1.807, 2.05) is 26.0 Å². The summed E-state index contributed by atoms with van der Waals surface area (Å²) < 4.78 is 5.37. The molecule has 4 heteroatoms. The maximum absolute atomic E-state index is 11.7. The molecule has 0 unspecified atom stereocenters. The van der Waals surface area contributed by atoms with E-state index in [2.05, 4.69) is 0 Å². The fourth-order valence-corrected chi connectivity index (χ4v) is 2.08. The number of nitrogens with two attached hydrogens (primary N) is 1. The van der Waals surface area contributed by atoms with Gasteiger partial charge in [-0.2, -0.15) is 0 Å². The Hall–Kier alpha value is -2.17. The van der Waals surface area contributed by atoms with E-state index in [-0.39, 0.29) is 0 Å². The van der Waals surface area contributed by atoms with E-state index >= 15 is 0 Å². The normalized spacial score (nSPS) is 10.8. The number of ether oxygens (including phenoxy) is 1. The first-order valence-electron chi connectivity index (χ1n) is 7.10. The van der Waals surface area contributed by atoms with Gasteiger partial charge < -0.3 is 15.6 Å². The van der Waals surface area contributed by atoms with Crippen LogP contribution in [0, 0.1) is 0 Å². The molecule has 22 heavy (non-hydrogen) atoms. The number of aliphatic carboxylic acids is 1. The highest BCUT2D eigenvalue weighted by Gasteiger charge is 2.42. The van der Waals surface area contributed by atoms with Crippen LogP contribution >= 0.6 is 0 Å². The van der Waals surface area contributed by atoms with Crippen LogP contribution in [0.3, 0.4) is 0 Å². The summed E-state index contributed by atoms with van der Waals surface area (Å²) in [4.78, 5) is 11.7. The molecule has 0 saturated heterocycles. The van der Waals surface area contributed by atoms with E-state index < -0.39 is 11.6 Å². The van der Waals surface area contributed by atoms with Crippen LogP contribution in [0.1, 0.15) is 25.0 Å². The van der Waals surface area contributed by atoms with Crippen molar-refractivity contribution in [3.8, 4) is 0 Å². The third kappa shape index (κ3) is 4.16. The maximum Gasteiger partial charge on any atom is 0.345 e. The van der Waals surface area contributed by atoms with Gasteiger partial charge in [0.25, 0.3) is 0 Å². The second-order valence-corrected chi connectivity index (χ2v) is 5.17. The number of carbonyl (C=O) groups is 1. The molecule has 0 atom stereocenters. The highest BCUT2D eigenvalue weighted by atomic mass is 16.5. The fourth-order valence-electron chi connectivity index (χ4n) is 2.08. The largest absolute Gasteiger partial charge is 0.479 e. The molecule has 0 bridgehead atoms. The van der Waals surface area contributed by atoms with Crippen molar-refractivity contribution in [2.75, 3.05) is 7.11 Å². The van der Waals surface area contributed by atoms with E-state index in [1.54, 1.807) is 48.5 Å². The van der Waals surface area contributed by atoms with Gasteiger partial charge >= 0.3 is 5.97 Å². The summed E-state index contributed by atoms with van der Waals surface area (Å²) in [5, 5.41) is 9.61. The highest BCUT2D eigenvalue weighted by molar-refractivity contribution is 5.84. The molecule has 0 radical (unpaired) electrons. The number of hydrogen-bond donors (Lipinski definition) is 2. The van der Waals surface area contributed by atoms with Crippen LogP contribution in [-0.2, 0) is 15.1 Å². The summed E-state index contributed by atoms with van der Waals surface area (Å²) in [6, 6.07) is 18.2. The predicted octanol–water partition coefficient (Wildman–Crippen LogP) is 3.01. The lowest BCUT2D eigenvalue weighted by molar-refractivity contribution is -0.158. The molecular weight excluding hydrogens is 278 g/mol. The van der Waals surface area contributed by atoms with E-state index in [0.717, 1.165) is 0 Å². The van der Waals surface area contributed by atoms with Gasteiger partial charge in [0.15, 0.2) is 0 Å². The Kier molecular flexibility index (Phi) is 6.76. The average Bonchev–Trinajstić information content (AvgIpc) is 2.50. The maximum atomic E-state index is 11.7. The Morgan fingerprint density at radius 1 is 1.00 bits per heavy atom. The van der Waals surface area contributed by atoms with E-state index in [9.17, 15) is 9.90 Å². The van der Waals surface area contributed by atoms with E-state index in [4.69, 9.17) is 10.5 Å². The number of benzene rings is 2. The van der Waals surface area contributed by atoms with Gasteiger partial charge in [-0.3, -0.25) is 0 Å². The summed E-state index contributed by atoms with van der Waals surface area (Å²) in [5.41, 5.74) is 4.86. The molecule has 0 aliphatic heterocycles. The minimum absolute atomic E-state index is 0.333. The van der Waals surface area contributed by atoms with E-state index in [1.165, 1.54) is 7.11 Å². The molecule has 0 saturated carbocycles. The van der Waals surface area contributed by atoms with E-state index in [0.29, 0.717) is 17.2 Å². The molecule has 0 spiro atoms. The van der Waals surface area contributed by atoms with Gasteiger partial charge in [-0.05, 0) is 17.2 Å². The zero-order valence-electron chi connectivity index (χ0n) is 13.2. The number of rotatable bonds is 4. The molecule has 0 aromatic heterocycles. The molecule has 4 nitrogen and oxygen atoms in total. The summed E-state index contributed by atoms with van der Waals surface area (Å²) in [5.74, 6) is -1.03. The predicted molar refractivity (Wildman–Crippen MR) is 87.6 cm³/mol. The summed E-state index contributed by atoms with van der Waals surface area (Å²) in [7, 11) is 1.41. The lowest BCUT2D eigenvalue weighted by Crippen LogP contribution is -2.38. The van der Waals surface area contributed by atoms with Crippen LogP contribution in [0.25, 0.3) is 0 Å². The van der Waals surface area contributed by atoms with Crippen LogP contribution in [0.2, 0.25) is 0 Å². The van der Waals surface area contributed by atoms with Gasteiger partial charge in [0, 0.05) is 7.11 Å². The lowest BCUT2D eigenvalue weighted by Gasteiger charge is -2.28. The number of carboxylic acid groups (broad SMARTS) is 1. The Morgan fingerprint density at radius 2 is 1.32 bits per heavy atom. The zero-order valence-corrected chi connectivity index (χ0v) is 13.2. The van der Waals surface area contributed by atoms with Crippen molar-refractivity contribution in [1.29, 1.82) is 0 Å². The summed E-state index contributed by atoms with van der Waals surface area (Å²) in [6.45, 7) is 3.89. The minimum atomic E-state index is -1.46. The number of methoxy groups -OCH3 is 1. The molecule has 3 N–H and O–H groups in total. The second-order valence-electron chi connectivity index (χ2n) is 5.17. The molecular formula is C18H23NO3. The van der Waals surface area contributed by atoms with Crippen molar-refractivity contribution in [2.45, 2.75) is 25.5 Å². The number of hydrogen-bond acceptors (Lipinski definition) is 3. The monoisotopic (exact) mass is 301 g/mol. The van der Waals surface area contributed by atoms with Gasteiger partial charge in [-0.1, -0.05) is 74.5 Å².